The van der Waals surface area contributed by atoms with E-state index < -0.39 is 0 Å². The van der Waals surface area contributed by atoms with Crippen molar-refractivity contribution in [2.24, 2.45) is 0 Å². The second-order valence-corrected chi connectivity index (χ2v) is 5.97. The Morgan fingerprint density at radius 1 is 1.19 bits per heavy atom. The molecule has 1 aliphatic heterocycles. The number of benzene rings is 1. The third-order valence-corrected chi connectivity index (χ3v) is 4.23. The van der Waals surface area contributed by atoms with Gasteiger partial charge in [-0.3, -0.25) is 4.79 Å². The van der Waals surface area contributed by atoms with E-state index in [-0.39, 0.29) is 11.9 Å². The molecule has 108 valence electrons. The Morgan fingerprint density at radius 2 is 1.90 bits per heavy atom. The first-order chi connectivity index (χ1) is 10.2. The summed E-state index contributed by atoms with van der Waals surface area (Å²) in [7, 11) is 0. The third kappa shape index (κ3) is 2.33. The molecule has 1 aromatic heterocycles. The number of para-hydroxylation sites is 2. The highest BCUT2D eigenvalue weighted by Crippen LogP contribution is 2.31. The quantitative estimate of drug-likeness (QED) is 0.936. The summed E-state index contributed by atoms with van der Waals surface area (Å²) in [5.41, 5.74) is 2.67. The number of aromatic nitrogens is 2. The Balaban J connectivity index is 1.57. The number of nitrogens with one attached hydrogen (secondary N) is 1. The summed E-state index contributed by atoms with van der Waals surface area (Å²) in [5, 5.41) is 3.41. The van der Waals surface area contributed by atoms with E-state index in [4.69, 9.17) is 0 Å². The van der Waals surface area contributed by atoms with Gasteiger partial charge in [-0.2, -0.15) is 0 Å². The van der Waals surface area contributed by atoms with Crippen molar-refractivity contribution in [1.29, 1.82) is 0 Å². The minimum absolute atomic E-state index is 0.146. The van der Waals surface area contributed by atoms with Crippen LogP contribution >= 0.6 is 0 Å². The van der Waals surface area contributed by atoms with E-state index in [2.05, 4.69) is 15.3 Å². The first kappa shape index (κ1) is 12.6. The van der Waals surface area contributed by atoms with Crippen LogP contribution in [0.1, 0.15) is 25.0 Å². The molecule has 4 rings (SSSR count). The van der Waals surface area contributed by atoms with Gasteiger partial charge in [-0.15, -0.1) is 0 Å². The van der Waals surface area contributed by atoms with Gasteiger partial charge in [0.15, 0.2) is 0 Å². The number of carbonyl (C=O) groups is 1. The summed E-state index contributed by atoms with van der Waals surface area (Å²) in [6.07, 6.45) is 2.88. The van der Waals surface area contributed by atoms with Gasteiger partial charge in [-0.25, -0.2) is 9.97 Å². The van der Waals surface area contributed by atoms with Crippen molar-refractivity contribution in [3.05, 3.63) is 30.0 Å². The van der Waals surface area contributed by atoms with Gasteiger partial charge in [-0.05, 0) is 31.9 Å². The first-order valence-electron chi connectivity index (χ1n) is 7.50. The zero-order valence-corrected chi connectivity index (χ0v) is 12.0. The molecule has 1 aliphatic carbocycles. The van der Waals surface area contributed by atoms with Crippen molar-refractivity contribution in [3.63, 3.8) is 0 Å². The number of aryl methyl sites for hydroxylation is 1. The summed E-state index contributed by atoms with van der Waals surface area (Å²) in [4.78, 5) is 23.2. The van der Waals surface area contributed by atoms with Gasteiger partial charge in [0.2, 0.25) is 5.91 Å². The maximum absolute atomic E-state index is 12.0. The molecule has 1 amide bonds. The lowest BCUT2D eigenvalue weighted by molar-refractivity contribution is -0.128. The van der Waals surface area contributed by atoms with Crippen molar-refractivity contribution in [2.75, 3.05) is 11.9 Å². The predicted molar refractivity (Wildman–Crippen MR) is 81.0 cm³/mol. The summed E-state index contributed by atoms with van der Waals surface area (Å²) in [5.74, 6) is 1.06. The molecule has 0 radical (unpaired) electrons. The zero-order valence-electron chi connectivity index (χ0n) is 12.0. The Hall–Kier alpha value is -2.17. The molecule has 1 N–H and O–H groups in total. The number of carbonyl (C=O) groups excluding carboxylic acids is 1. The Bertz CT molecular complexity index is 710. The van der Waals surface area contributed by atoms with Crippen LogP contribution in [0.25, 0.3) is 11.0 Å². The molecule has 2 aromatic rings. The van der Waals surface area contributed by atoms with Gasteiger partial charge >= 0.3 is 0 Å². The number of nitrogens with zero attached hydrogens (tertiary/aromatic N) is 3. The number of hydrogen-bond donors (Lipinski definition) is 1. The van der Waals surface area contributed by atoms with Crippen LogP contribution < -0.4 is 5.32 Å². The molecule has 1 saturated carbocycles. The topological polar surface area (TPSA) is 58.1 Å². The van der Waals surface area contributed by atoms with Crippen LogP contribution in [0.3, 0.4) is 0 Å². The van der Waals surface area contributed by atoms with E-state index >= 15 is 0 Å². The summed E-state index contributed by atoms with van der Waals surface area (Å²) in [6.45, 7) is 2.74. The molecule has 0 bridgehead atoms. The fraction of sp³-hybridized carbons (Fsp3) is 0.438. The number of rotatable bonds is 3. The first-order valence-corrected chi connectivity index (χ1v) is 7.50. The molecule has 1 saturated heterocycles. The lowest BCUT2D eigenvalue weighted by atomic mass is 10.2. The molecule has 1 aromatic carbocycles. The second kappa shape index (κ2) is 4.69. The standard InChI is InChI=1S/C16H18N4O/c1-10-16(19-14-5-3-2-4-13(14)17-10)18-11-8-15(21)20(9-11)12-6-7-12/h2-5,11-12H,6-9H2,1H3,(H,18,19)/t11-/m1/s1. The molecule has 5 heteroatoms. The summed E-state index contributed by atoms with van der Waals surface area (Å²) >= 11 is 0. The lowest BCUT2D eigenvalue weighted by Crippen LogP contribution is -2.30. The second-order valence-electron chi connectivity index (χ2n) is 5.97. The SMILES string of the molecule is Cc1nc2ccccc2nc1N[C@@H]1CC(=O)N(C2CC2)C1. The highest BCUT2D eigenvalue weighted by Gasteiger charge is 2.39. The van der Waals surface area contributed by atoms with E-state index in [0.717, 1.165) is 41.9 Å². The average molecular weight is 282 g/mol. The molecule has 21 heavy (non-hydrogen) atoms. The van der Waals surface area contributed by atoms with Crippen LogP contribution in [0.4, 0.5) is 5.82 Å². The van der Waals surface area contributed by atoms with E-state index in [1.54, 1.807) is 0 Å². The maximum Gasteiger partial charge on any atom is 0.225 e. The minimum atomic E-state index is 0.146. The average Bonchev–Trinajstić information content (AvgIpc) is 3.24. The van der Waals surface area contributed by atoms with Gasteiger partial charge < -0.3 is 10.2 Å². The molecule has 0 unspecified atom stereocenters. The fourth-order valence-corrected chi connectivity index (χ4v) is 2.99. The van der Waals surface area contributed by atoms with Crippen molar-refractivity contribution < 1.29 is 4.79 Å². The van der Waals surface area contributed by atoms with E-state index in [0.29, 0.717) is 12.5 Å². The monoisotopic (exact) mass is 282 g/mol. The highest BCUT2D eigenvalue weighted by atomic mass is 16.2. The van der Waals surface area contributed by atoms with Crippen molar-refractivity contribution in [3.8, 4) is 0 Å². The number of anilines is 1. The Kier molecular flexibility index (Phi) is 2.80. The number of likely N-dealkylation sites (tertiary alicyclic amines) is 1. The summed E-state index contributed by atoms with van der Waals surface area (Å²) in [6, 6.07) is 8.49. The van der Waals surface area contributed by atoms with Gasteiger partial charge in [0.05, 0.1) is 22.8 Å². The highest BCUT2D eigenvalue weighted by molar-refractivity contribution is 5.81. The van der Waals surface area contributed by atoms with Crippen LogP contribution in [0.2, 0.25) is 0 Å². The van der Waals surface area contributed by atoms with Crippen LogP contribution in [0, 0.1) is 6.92 Å². The molecule has 0 spiro atoms. The minimum Gasteiger partial charge on any atom is -0.364 e. The Labute approximate surface area is 123 Å². The molecule has 2 aliphatic rings. The molecular formula is C16H18N4O. The maximum atomic E-state index is 12.0. The smallest absolute Gasteiger partial charge is 0.225 e. The van der Waals surface area contributed by atoms with Crippen LogP contribution in [0.5, 0.6) is 0 Å². The van der Waals surface area contributed by atoms with Crippen molar-refractivity contribution in [2.45, 2.75) is 38.3 Å². The molecule has 2 heterocycles. The van der Waals surface area contributed by atoms with E-state index in [9.17, 15) is 4.79 Å². The van der Waals surface area contributed by atoms with Crippen LogP contribution in [0.15, 0.2) is 24.3 Å². The fourth-order valence-electron chi connectivity index (χ4n) is 2.99. The largest absolute Gasteiger partial charge is 0.364 e. The number of hydrogen-bond acceptors (Lipinski definition) is 4. The van der Waals surface area contributed by atoms with Crippen LogP contribution in [-0.2, 0) is 4.79 Å². The summed E-state index contributed by atoms with van der Waals surface area (Å²) < 4.78 is 0. The van der Waals surface area contributed by atoms with Crippen LogP contribution in [-0.4, -0.2) is 39.4 Å². The molecule has 1 atom stereocenters. The van der Waals surface area contributed by atoms with Gasteiger partial charge in [0.1, 0.15) is 5.82 Å². The molecule has 5 nitrogen and oxygen atoms in total. The number of fused-ring (bicyclic) bond motifs is 1. The van der Waals surface area contributed by atoms with Gasteiger partial charge in [0, 0.05) is 19.0 Å². The number of amides is 1. The molecule has 2 fully saturated rings. The Morgan fingerprint density at radius 3 is 2.62 bits per heavy atom. The zero-order chi connectivity index (χ0) is 14.4. The van der Waals surface area contributed by atoms with Gasteiger partial charge in [-0.1, -0.05) is 12.1 Å². The van der Waals surface area contributed by atoms with E-state index in [1.165, 1.54) is 0 Å². The van der Waals surface area contributed by atoms with Crippen molar-refractivity contribution >= 4 is 22.8 Å². The normalized spacial score (nSPS) is 22.0. The third-order valence-electron chi connectivity index (χ3n) is 4.23. The van der Waals surface area contributed by atoms with Crippen molar-refractivity contribution in [1.82, 2.24) is 14.9 Å². The molecular weight excluding hydrogens is 264 g/mol. The van der Waals surface area contributed by atoms with Gasteiger partial charge in [0.25, 0.3) is 0 Å². The lowest BCUT2D eigenvalue weighted by Gasteiger charge is -2.17. The predicted octanol–water partition coefficient (Wildman–Crippen LogP) is 2.11. The van der Waals surface area contributed by atoms with E-state index in [1.807, 2.05) is 36.1 Å².